The lowest BCUT2D eigenvalue weighted by atomic mass is 10.2. The van der Waals surface area contributed by atoms with Crippen LogP contribution < -0.4 is 0 Å². The third kappa shape index (κ3) is 3.08. The molecule has 0 saturated carbocycles. The molecule has 1 heterocycles. The van der Waals surface area contributed by atoms with E-state index in [0.717, 1.165) is 0 Å². The fraction of sp³-hybridized carbons (Fsp3) is 0.333. The summed E-state index contributed by atoms with van der Waals surface area (Å²) in [4.78, 5) is 5.31. The average Bonchev–Trinajstić information content (AvgIpc) is 2.77. The van der Waals surface area contributed by atoms with Crippen molar-refractivity contribution in [1.82, 2.24) is 10.1 Å². The largest absolute Gasteiger partial charge is 0.384 e. The molecule has 1 aromatic heterocycles. The van der Waals surface area contributed by atoms with E-state index in [2.05, 4.69) is 29.2 Å². The predicted octanol–water partition coefficient (Wildman–Crippen LogP) is 2.72. The fourth-order valence-electron chi connectivity index (χ4n) is 1.36. The van der Waals surface area contributed by atoms with E-state index in [1.165, 1.54) is 10.5 Å². The first-order valence-corrected chi connectivity index (χ1v) is 6.34. The molecule has 1 N–H and O–H groups in total. The van der Waals surface area contributed by atoms with Crippen molar-refractivity contribution in [3.63, 3.8) is 0 Å². The second kappa shape index (κ2) is 5.33. The standard InChI is InChI=1S/C12H14N2O2S/c1-8-5-3-4-6-10(8)17-7-11-13-12(9(2)15)16-14-11/h3-6,9,15H,7H2,1-2H3. The highest BCUT2D eigenvalue weighted by Crippen LogP contribution is 2.25. The Bertz CT molecular complexity index is 497. The molecule has 90 valence electrons. The molecule has 0 saturated heterocycles. The molecule has 0 amide bonds. The maximum absolute atomic E-state index is 9.26. The molecule has 0 spiro atoms. The quantitative estimate of drug-likeness (QED) is 0.845. The minimum Gasteiger partial charge on any atom is -0.384 e. The van der Waals surface area contributed by atoms with Crippen LogP contribution in [-0.4, -0.2) is 15.2 Å². The van der Waals surface area contributed by atoms with Crippen LogP contribution in [0.2, 0.25) is 0 Å². The van der Waals surface area contributed by atoms with E-state index in [0.29, 0.717) is 11.6 Å². The number of nitrogens with zero attached hydrogens (tertiary/aromatic N) is 2. The number of aliphatic hydroxyl groups is 1. The predicted molar refractivity (Wildman–Crippen MR) is 65.7 cm³/mol. The molecule has 0 bridgehead atoms. The van der Waals surface area contributed by atoms with Gasteiger partial charge in [0.2, 0.25) is 0 Å². The van der Waals surface area contributed by atoms with E-state index in [9.17, 15) is 5.11 Å². The third-order valence-corrected chi connectivity index (χ3v) is 3.46. The lowest BCUT2D eigenvalue weighted by Gasteiger charge is -2.01. The van der Waals surface area contributed by atoms with Crippen molar-refractivity contribution in [1.29, 1.82) is 0 Å². The molecule has 17 heavy (non-hydrogen) atoms. The number of aromatic nitrogens is 2. The second-order valence-electron chi connectivity index (χ2n) is 3.78. The highest BCUT2D eigenvalue weighted by Gasteiger charge is 2.11. The van der Waals surface area contributed by atoms with Gasteiger partial charge in [-0.1, -0.05) is 23.4 Å². The van der Waals surface area contributed by atoms with Gasteiger partial charge in [-0.25, -0.2) is 0 Å². The van der Waals surface area contributed by atoms with Crippen LogP contribution in [-0.2, 0) is 5.75 Å². The summed E-state index contributed by atoms with van der Waals surface area (Å²) in [5, 5.41) is 13.1. The number of thioether (sulfide) groups is 1. The topological polar surface area (TPSA) is 59.2 Å². The van der Waals surface area contributed by atoms with Crippen molar-refractivity contribution in [3.05, 3.63) is 41.5 Å². The Balaban J connectivity index is 2.00. The van der Waals surface area contributed by atoms with Crippen LogP contribution in [0.25, 0.3) is 0 Å². The number of benzene rings is 1. The van der Waals surface area contributed by atoms with Crippen LogP contribution in [0, 0.1) is 6.92 Å². The zero-order valence-electron chi connectivity index (χ0n) is 9.75. The maximum Gasteiger partial charge on any atom is 0.255 e. The SMILES string of the molecule is Cc1ccccc1SCc1noc(C(C)O)n1. The highest BCUT2D eigenvalue weighted by molar-refractivity contribution is 7.98. The van der Waals surface area contributed by atoms with Gasteiger partial charge in [0.15, 0.2) is 5.82 Å². The Morgan fingerprint density at radius 1 is 1.41 bits per heavy atom. The minimum absolute atomic E-state index is 0.269. The first kappa shape index (κ1) is 12.1. The van der Waals surface area contributed by atoms with E-state index >= 15 is 0 Å². The Labute approximate surface area is 104 Å². The molecule has 0 aliphatic heterocycles. The lowest BCUT2D eigenvalue weighted by molar-refractivity contribution is 0.151. The lowest BCUT2D eigenvalue weighted by Crippen LogP contribution is -1.91. The molecule has 5 heteroatoms. The smallest absolute Gasteiger partial charge is 0.255 e. The summed E-state index contributed by atoms with van der Waals surface area (Å²) in [5.41, 5.74) is 1.23. The van der Waals surface area contributed by atoms with Gasteiger partial charge in [0.1, 0.15) is 6.10 Å². The van der Waals surface area contributed by atoms with Crippen LogP contribution in [0.5, 0.6) is 0 Å². The van der Waals surface area contributed by atoms with Crippen molar-refractivity contribution in [2.75, 3.05) is 0 Å². The van der Waals surface area contributed by atoms with Crippen molar-refractivity contribution < 1.29 is 9.63 Å². The van der Waals surface area contributed by atoms with Gasteiger partial charge in [-0.2, -0.15) is 4.98 Å². The first-order valence-electron chi connectivity index (χ1n) is 5.36. The molecule has 0 fully saturated rings. The summed E-state index contributed by atoms with van der Waals surface area (Å²) < 4.78 is 4.92. The van der Waals surface area contributed by atoms with Gasteiger partial charge >= 0.3 is 0 Å². The van der Waals surface area contributed by atoms with Gasteiger partial charge in [0, 0.05) is 4.90 Å². The number of rotatable bonds is 4. The molecule has 4 nitrogen and oxygen atoms in total. The molecule has 0 radical (unpaired) electrons. The van der Waals surface area contributed by atoms with Gasteiger partial charge in [-0.3, -0.25) is 0 Å². The third-order valence-electron chi connectivity index (χ3n) is 2.29. The van der Waals surface area contributed by atoms with Gasteiger partial charge in [0.05, 0.1) is 5.75 Å². The van der Waals surface area contributed by atoms with Crippen LogP contribution in [0.1, 0.15) is 30.3 Å². The Hall–Kier alpha value is -1.33. The number of hydrogen-bond acceptors (Lipinski definition) is 5. The molecule has 2 rings (SSSR count). The van der Waals surface area contributed by atoms with E-state index in [4.69, 9.17) is 4.52 Å². The number of aliphatic hydroxyl groups excluding tert-OH is 1. The van der Waals surface area contributed by atoms with E-state index in [1.807, 2.05) is 12.1 Å². The van der Waals surface area contributed by atoms with Gasteiger partial charge in [0.25, 0.3) is 5.89 Å². The van der Waals surface area contributed by atoms with E-state index < -0.39 is 6.10 Å². The Morgan fingerprint density at radius 2 is 2.18 bits per heavy atom. The van der Waals surface area contributed by atoms with Crippen LogP contribution in [0.3, 0.4) is 0 Å². The van der Waals surface area contributed by atoms with Crippen molar-refractivity contribution in [2.24, 2.45) is 0 Å². The van der Waals surface area contributed by atoms with Gasteiger partial charge in [-0.05, 0) is 25.5 Å². The fourth-order valence-corrected chi connectivity index (χ4v) is 2.23. The maximum atomic E-state index is 9.26. The minimum atomic E-state index is -0.709. The summed E-state index contributed by atoms with van der Waals surface area (Å²) in [5.74, 6) is 1.51. The summed E-state index contributed by atoms with van der Waals surface area (Å²) in [7, 11) is 0. The Morgan fingerprint density at radius 3 is 2.82 bits per heavy atom. The molecular weight excluding hydrogens is 236 g/mol. The summed E-state index contributed by atoms with van der Waals surface area (Å²) >= 11 is 1.66. The Kier molecular flexibility index (Phi) is 3.81. The molecule has 2 aromatic rings. The second-order valence-corrected chi connectivity index (χ2v) is 4.80. The molecule has 0 aliphatic carbocycles. The van der Waals surface area contributed by atoms with Crippen LogP contribution in [0.15, 0.2) is 33.7 Å². The van der Waals surface area contributed by atoms with Gasteiger partial charge < -0.3 is 9.63 Å². The molecule has 0 aliphatic rings. The zero-order valence-corrected chi connectivity index (χ0v) is 10.6. The van der Waals surface area contributed by atoms with Crippen molar-refractivity contribution >= 4 is 11.8 Å². The summed E-state index contributed by atoms with van der Waals surface area (Å²) in [6.07, 6.45) is -0.709. The molecular formula is C12H14N2O2S. The van der Waals surface area contributed by atoms with E-state index in [-0.39, 0.29) is 5.89 Å². The molecule has 1 atom stereocenters. The summed E-state index contributed by atoms with van der Waals surface area (Å²) in [6, 6.07) is 8.15. The molecule has 1 aromatic carbocycles. The number of hydrogen-bond donors (Lipinski definition) is 1. The first-order chi connectivity index (χ1) is 8.16. The van der Waals surface area contributed by atoms with E-state index in [1.54, 1.807) is 18.7 Å². The van der Waals surface area contributed by atoms with Crippen LogP contribution >= 0.6 is 11.8 Å². The zero-order chi connectivity index (χ0) is 12.3. The highest BCUT2D eigenvalue weighted by atomic mass is 32.2. The van der Waals surface area contributed by atoms with Crippen molar-refractivity contribution in [2.45, 2.75) is 30.6 Å². The normalized spacial score (nSPS) is 12.6. The van der Waals surface area contributed by atoms with Gasteiger partial charge in [-0.15, -0.1) is 11.8 Å². The monoisotopic (exact) mass is 250 g/mol. The van der Waals surface area contributed by atoms with Crippen LogP contribution in [0.4, 0.5) is 0 Å². The average molecular weight is 250 g/mol. The summed E-state index contributed by atoms with van der Waals surface area (Å²) in [6.45, 7) is 3.67. The molecule has 1 unspecified atom stereocenters. The number of aryl methyl sites for hydroxylation is 1. The van der Waals surface area contributed by atoms with Crippen molar-refractivity contribution in [3.8, 4) is 0 Å².